The van der Waals surface area contributed by atoms with E-state index in [2.05, 4.69) is 32.1 Å². The molecule has 0 aromatic rings. The minimum atomic E-state index is 0.880. The fourth-order valence-electron chi connectivity index (χ4n) is 4.01. The van der Waals surface area contributed by atoms with Crippen molar-refractivity contribution in [3.63, 3.8) is 0 Å². The smallest absolute Gasteiger partial charge is 0.0169 e. The molecule has 0 aromatic carbocycles. The molecule has 2 aliphatic rings. The van der Waals surface area contributed by atoms with Crippen LogP contribution in [0, 0.1) is 17.8 Å². The Morgan fingerprint density at radius 1 is 1.06 bits per heavy atom. The van der Waals surface area contributed by atoms with Crippen molar-refractivity contribution in [2.75, 3.05) is 0 Å². The van der Waals surface area contributed by atoms with Crippen molar-refractivity contribution < 1.29 is 0 Å². The molecule has 0 N–H and O–H groups in total. The molecule has 0 aromatic heterocycles. The minimum absolute atomic E-state index is 0.880. The molecule has 2 rings (SSSR count). The Labute approximate surface area is 114 Å². The first-order valence-corrected chi connectivity index (χ1v) is 8.23. The molecule has 18 heavy (non-hydrogen) atoms. The summed E-state index contributed by atoms with van der Waals surface area (Å²) in [7, 11) is 0. The summed E-state index contributed by atoms with van der Waals surface area (Å²) >= 11 is 0. The molecule has 1 fully saturated rings. The first kappa shape index (κ1) is 13.9. The zero-order chi connectivity index (χ0) is 12.8. The van der Waals surface area contributed by atoms with Crippen LogP contribution in [0.15, 0.2) is 23.8 Å². The van der Waals surface area contributed by atoms with E-state index in [-0.39, 0.29) is 0 Å². The average molecular weight is 246 g/mol. The lowest BCUT2D eigenvalue weighted by Gasteiger charge is -2.19. The normalized spacial score (nSPS) is 33.7. The van der Waals surface area contributed by atoms with Gasteiger partial charge in [-0.25, -0.2) is 0 Å². The van der Waals surface area contributed by atoms with Gasteiger partial charge in [0.25, 0.3) is 0 Å². The second-order valence-electron chi connectivity index (χ2n) is 6.20. The molecule has 0 heteroatoms. The predicted molar refractivity (Wildman–Crippen MR) is 80.6 cm³/mol. The van der Waals surface area contributed by atoms with Gasteiger partial charge in [0.2, 0.25) is 0 Å². The summed E-state index contributed by atoms with van der Waals surface area (Å²) in [5.41, 5.74) is 1.79. The van der Waals surface area contributed by atoms with E-state index in [1.54, 1.807) is 5.57 Å². The third-order valence-electron chi connectivity index (χ3n) is 5.13. The molecule has 0 amide bonds. The lowest BCUT2D eigenvalue weighted by Crippen LogP contribution is -2.08. The minimum Gasteiger partial charge on any atom is -0.0845 e. The van der Waals surface area contributed by atoms with Crippen LogP contribution in [0.4, 0.5) is 0 Å². The molecule has 0 saturated heterocycles. The maximum atomic E-state index is 2.49. The number of hydrogen-bond acceptors (Lipinski definition) is 0. The summed E-state index contributed by atoms with van der Waals surface area (Å²) in [6.07, 6.45) is 19.9. The third kappa shape index (κ3) is 3.28. The van der Waals surface area contributed by atoms with Crippen LogP contribution in [0.2, 0.25) is 0 Å². The van der Waals surface area contributed by atoms with E-state index in [9.17, 15) is 0 Å². The standard InChI is InChI=1S/C18H30/c1-3-15-14-16(4-2)18-13-11-9-7-5-6-8-10-12-17(15)18/h8,10,12,15-16,18H,3-7,9,11,13-14H2,1-2H3. The van der Waals surface area contributed by atoms with E-state index in [1.165, 1.54) is 57.8 Å². The summed E-state index contributed by atoms with van der Waals surface area (Å²) < 4.78 is 0. The van der Waals surface area contributed by atoms with Crippen LogP contribution in [0.3, 0.4) is 0 Å². The lowest BCUT2D eigenvalue weighted by atomic mass is 9.86. The molecule has 0 spiro atoms. The molecule has 0 aliphatic heterocycles. The fourth-order valence-corrected chi connectivity index (χ4v) is 4.01. The summed E-state index contributed by atoms with van der Waals surface area (Å²) in [5.74, 6) is 2.75. The molecule has 0 bridgehead atoms. The predicted octanol–water partition coefficient (Wildman–Crippen LogP) is 5.90. The van der Waals surface area contributed by atoms with Gasteiger partial charge in [0.05, 0.1) is 0 Å². The zero-order valence-electron chi connectivity index (χ0n) is 12.3. The largest absolute Gasteiger partial charge is 0.0845 e. The highest BCUT2D eigenvalue weighted by Crippen LogP contribution is 2.46. The van der Waals surface area contributed by atoms with Gasteiger partial charge in [-0.1, -0.05) is 63.3 Å². The van der Waals surface area contributed by atoms with E-state index in [0.29, 0.717) is 0 Å². The number of hydrogen-bond donors (Lipinski definition) is 0. The molecule has 2 aliphatic carbocycles. The van der Waals surface area contributed by atoms with Crippen LogP contribution in [-0.4, -0.2) is 0 Å². The van der Waals surface area contributed by atoms with Gasteiger partial charge in [0.15, 0.2) is 0 Å². The molecule has 102 valence electrons. The average Bonchev–Trinajstić information content (AvgIpc) is 2.71. The summed E-state index contributed by atoms with van der Waals surface area (Å²) in [5, 5.41) is 0. The summed E-state index contributed by atoms with van der Waals surface area (Å²) in [6, 6.07) is 0. The number of rotatable bonds is 2. The fraction of sp³-hybridized carbons (Fsp3) is 0.778. The van der Waals surface area contributed by atoms with Crippen molar-refractivity contribution >= 4 is 0 Å². The van der Waals surface area contributed by atoms with Crippen molar-refractivity contribution in [2.45, 2.75) is 71.6 Å². The molecular weight excluding hydrogens is 216 g/mol. The first-order chi connectivity index (χ1) is 8.86. The van der Waals surface area contributed by atoms with E-state index in [4.69, 9.17) is 0 Å². The number of allylic oxidation sites excluding steroid dienone is 4. The van der Waals surface area contributed by atoms with Gasteiger partial charge in [0.1, 0.15) is 0 Å². The Hall–Kier alpha value is -0.520. The summed E-state index contributed by atoms with van der Waals surface area (Å²) in [6.45, 7) is 4.76. The van der Waals surface area contributed by atoms with Gasteiger partial charge in [-0.05, 0) is 49.9 Å². The maximum absolute atomic E-state index is 2.49. The molecule has 0 radical (unpaired) electrons. The van der Waals surface area contributed by atoms with Crippen molar-refractivity contribution in [1.29, 1.82) is 0 Å². The van der Waals surface area contributed by atoms with Crippen molar-refractivity contribution in [1.82, 2.24) is 0 Å². The van der Waals surface area contributed by atoms with Crippen LogP contribution in [0.1, 0.15) is 71.6 Å². The van der Waals surface area contributed by atoms with Gasteiger partial charge in [0, 0.05) is 0 Å². The topological polar surface area (TPSA) is 0 Å². The van der Waals surface area contributed by atoms with Gasteiger partial charge in [-0.3, -0.25) is 0 Å². The van der Waals surface area contributed by atoms with Crippen LogP contribution in [-0.2, 0) is 0 Å². The van der Waals surface area contributed by atoms with Gasteiger partial charge in [-0.15, -0.1) is 0 Å². The van der Waals surface area contributed by atoms with Crippen molar-refractivity contribution in [2.24, 2.45) is 17.8 Å². The Morgan fingerprint density at radius 2 is 1.89 bits per heavy atom. The molecule has 1 saturated carbocycles. The first-order valence-electron chi connectivity index (χ1n) is 8.23. The van der Waals surface area contributed by atoms with Gasteiger partial charge in [-0.2, -0.15) is 0 Å². The monoisotopic (exact) mass is 246 g/mol. The Bertz CT molecular complexity index is 297. The highest BCUT2D eigenvalue weighted by Gasteiger charge is 2.35. The van der Waals surface area contributed by atoms with Crippen molar-refractivity contribution in [3.8, 4) is 0 Å². The molecule has 3 atom stereocenters. The lowest BCUT2D eigenvalue weighted by molar-refractivity contribution is 0.368. The SMILES string of the molecule is CCC1CC(CC)C2CCCCCCC=CC=C12. The second kappa shape index (κ2) is 7.16. The Kier molecular flexibility index (Phi) is 5.53. The molecule has 3 unspecified atom stereocenters. The van der Waals surface area contributed by atoms with Crippen LogP contribution in [0.25, 0.3) is 0 Å². The quantitative estimate of drug-likeness (QED) is 0.569. The van der Waals surface area contributed by atoms with Crippen LogP contribution in [0.5, 0.6) is 0 Å². The van der Waals surface area contributed by atoms with Crippen molar-refractivity contribution in [3.05, 3.63) is 23.8 Å². The molecule has 0 nitrogen and oxygen atoms in total. The highest BCUT2D eigenvalue weighted by atomic mass is 14.4. The molecule has 0 heterocycles. The zero-order valence-corrected chi connectivity index (χ0v) is 12.3. The van der Waals surface area contributed by atoms with Crippen LogP contribution < -0.4 is 0 Å². The molecular formula is C18H30. The van der Waals surface area contributed by atoms with E-state index in [1.807, 2.05) is 0 Å². The van der Waals surface area contributed by atoms with Gasteiger partial charge < -0.3 is 0 Å². The van der Waals surface area contributed by atoms with E-state index < -0.39 is 0 Å². The number of fused-ring (bicyclic) bond motifs is 1. The van der Waals surface area contributed by atoms with Gasteiger partial charge >= 0.3 is 0 Å². The summed E-state index contributed by atoms with van der Waals surface area (Å²) in [4.78, 5) is 0. The Balaban J connectivity index is 2.16. The van der Waals surface area contributed by atoms with E-state index >= 15 is 0 Å². The second-order valence-corrected chi connectivity index (χ2v) is 6.20. The van der Waals surface area contributed by atoms with E-state index in [0.717, 1.165) is 17.8 Å². The third-order valence-corrected chi connectivity index (χ3v) is 5.13. The van der Waals surface area contributed by atoms with Crippen LogP contribution >= 0.6 is 0 Å². The maximum Gasteiger partial charge on any atom is -0.0169 e. The Morgan fingerprint density at radius 3 is 2.67 bits per heavy atom. The highest BCUT2D eigenvalue weighted by molar-refractivity contribution is 5.23.